The number of ether oxygens (including phenoxy) is 2. The molecule has 0 unspecified atom stereocenters. The first-order valence-corrected chi connectivity index (χ1v) is 8.80. The standard InChI is InChI=1S/C20H26N2O5/c1-12(2)8-9-26-17-7-6-15(11-18(17)25-5)19(23)21-22-20(24)16-10-13(3)27-14(16)4/h6-7,10-12H,8-9H2,1-5H3,(H,21,23)(H,22,24). The van der Waals surface area contributed by atoms with E-state index < -0.39 is 11.8 Å². The van der Waals surface area contributed by atoms with Crippen LogP contribution in [0.2, 0.25) is 0 Å². The lowest BCUT2D eigenvalue weighted by molar-refractivity contribution is 0.0845. The van der Waals surface area contributed by atoms with E-state index in [0.29, 0.717) is 46.7 Å². The molecule has 1 aromatic carbocycles. The van der Waals surface area contributed by atoms with Crippen molar-refractivity contribution in [2.24, 2.45) is 5.92 Å². The number of furan rings is 1. The maximum absolute atomic E-state index is 12.3. The average Bonchev–Trinajstić information content (AvgIpc) is 2.97. The molecule has 0 saturated heterocycles. The van der Waals surface area contributed by atoms with Crippen LogP contribution in [0, 0.1) is 19.8 Å². The van der Waals surface area contributed by atoms with Gasteiger partial charge in [0, 0.05) is 5.56 Å². The Morgan fingerprint density at radius 3 is 2.37 bits per heavy atom. The Bertz CT molecular complexity index is 811. The Hall–Kier alpha value is -2.96. The van der Waals surface area contributed by atoms with Gasteiger partial charge in [0.25, 0.3) is 11.8 Å². The molecule has 2 rings (SSSR count). The Morgan fingerprint density at radius 1 is 1.07 bits per heavy atom. The number of carbonyl (C=O) groups is 2. The minimum atomic E-state index is -0.465. The van der Waals surface area contributed by atoms with E-state index in [4.69, 9.17) is 13.9 Å². The van der Waals surface area contributed by atoms with Crippen LogP contribution in [-0.4, -0.2) is 25.5 Å². The van der Waals surface area contributed by atoms with E-state index in [1.807, 2.05) is 0 Å². The van der Waals surface area contributed by atoms with Crippen LogP contribution in [-0.2, 0) is 0 Å². The van der Waals surface area contributed by atoms with E-state index >= 15 is 0 Å². The van der Waals surface area contributed by atoms with Gasteiger partial charge < -0.3 is 13.9 Å². The van der Waals surface area contributed by atoms with Crippen molar-refractivity contribution in [3.63, 3.8) is 0 Å². The van der Waals surface area contributed by atoms with E-state index in [0.717, 1.165) is 6.42 Å². The molecule has 1 heterocycles. The lowest BCUT2D eigenvalue weighted by Gasteiger charge is -2.13. The van der Waals surface area contributed by atoms with Crippen LogP contribution >= 0.6 is 0 Å². The first kappa shape index (κ1) is 20.4. The molecule has 0 bridgehead atoms. The number of rotatable bonds is 7. The second kappa shape index (κ2) is 9.12. The second-order valence-corrected chi connectivity index (χ2v) is 6.63. The summed E-state index contributed by atoms with van der Waals surface area (Å²) in [6.07, 6.45) is 0.921. The molecule has 7 nitrogen and oxygen atoms in total. The molecule has 0 atom stereocenters. The fourth-order valence-corrected chi connectivity index (χ4v) is 2.44. The predicted octanol–water partition coefficient (Wildman–Crippen LogP) is 3.40. The zero-order valence-electron chi connectivity index (χ0n) is 16.3. The van der Waals surface area contributed by atoms with Gasteiger partial charge >= 0.3 is 0 Å². The zero-order chi connectivity index (χ0) is 20.0. The van der Waals surface area contributed by atoms with Gasteiger partial charge in [-0.25, -0.2) is 0 Å². The van der Waals surface area contributed by atoms with Crippen LogP contribution < -0.4 is 20.3 Å². The molecule has 0 saturated carbocycles. The van der Waals surface area contributed by atoms with Crippen molar-refractivity contribution in [3.8, 4) is 11.5 Å². The third-order valence-electron chi connectivity index (χ3n) is 3.95. The molecule has 0 fully saturated rings. The van der Waals surface area contributed by atoms with Crippen molar-refractivity contribution >= 4 is 11.8 Å². The number of benzene rings is 1. The van der Waals surface area contributed by atoms with Gasteiger partial charge in [-0.1, -0.05) is 13.8 Å². The van der Waals surface area contributed by atoms with Crippen molar-refractivity contribution in [2.75, 3.05) is 13.7 Å². The molecule has 0 spiro atoms. The third kappa shape index (κ3) is 5.51. The van der Waals surface area contributed by atoms with Gasteiger partial charge in [0.15, 0.2) is 11.5 Å². The van der Waals surface area contributed by atoms with Crippen LogP contribution in [0.3, 0.4) is 0 Å². The number of amides is 2. The number of nitrogens with one attached hydrogen (secondary N) is 2. The normalized spacial score (nSPS) is 10.6. The molecule has 0 aliphatic heterocycles. The summed E-state index contributed by atoms with van der Waals surface area (Å²) in [5.41, 5.74) is 5.48. The molecule has 2 aromatic rings. The highest BCUT2D eigenvalue weighted by atomic mass is 16.5. The zero-order valence-corrected chi connectivity index (χ0v) is 16.3. The Labute approximate surface area is 159 Å². The van der Waals surface area contributed by atoms with Crippen molar-refractivity contribution in [1.29, 1.82) is 0 Å². The lowest BCUT2D eigenvalue weighted by atomic mass is 10.1. The minimum absolute atomic E-state index is 0.337. The molecular formula is C20H26N2O5. The molecule has 1 aromatic heterocycles. The van der Waals surface area contributed by atoms with Crippen LogP contribution in [0.15, 0.2) is 28.7 Å². The predicted molar refractivity (Wildman–Crippen MR) is 101 cm³/mol. The van der Waals surface area contributed by atoms with Crippen LogP contribution in [0.4, 0.5) is 0 Å². The summed E-state index contributed by atoms with van der Waals surface area (Å²) in [5, 5.41) is 0. The van der Waals surface area contributed by atoms with Crippen molar-refractivity contribution < 1.29 is 23.5 Å². The molecular weight excluding hydrogens is 348 g/mol. The average molecular weight is 374 g/mol. The van der Waals surface area contributed by atoms with E-state index in [9.17, 15) is 9.59 Å². The minimum Gasteiger partial charge on any atom is -0.493 e. The van der Waals surface area contributed by atoms with Crippen LogP contribution in [0.1, 0.15) is 52.5 Å². The second-order valence-electron chi connectivity index (χ2n) is 6.63. The summed E-state index contributed by atoms with van der Waals surface area (Å²) < 4.78 is 16.3. The summed E-state index contributed by atoms with van der Waals surface area (Å²) in [7, 11) is 1.51. The largest absolute Gasteiger partial charge is 0.493 e. The third-order valence-corrected chi connectivity index (χ3v) is 3.95. The monoisotopic (exact) mass is 374 g/mol. The van der Waals surface area contributed by atoms with Gasteiger partial charge in [-0.05, 0) is 50.5 Å². The summed E-state index contributed by atoms with van der Waals surface area (Å²) in [4.78, 5) is 24.4. The topological polar surface area (TPSA) is 89.8 Å². The number of hydrazine groups is 1. The number of aryl methyl sites for hydroxylation is 2. The molecule has 0 aliphatic carbocycles. The lowest BCUT2D eigenvalue weighted by Crippen LogP contribution is -2.41. The molecule has 146 valence electrons. The molecule has 27 heavy (non-hydrogen) atoms. The van der Waals surface area contributed by atoms with E-state index in [2.05, 4.69) is 24.7 Å². The van der Waals surface area contributed by atoms with Crippen molar-refractivity contribution in [1.82, 2.24) is 10.9 Å². The molecule has 0 radical (unpaired) electrons. The summed E-state index contributed by atoms with van der Waals surface area (Å²) in [6.45, 7) is 8.24. The van der Waals surface area contributed by atoms with Crippen molar-refractivity contribution in [3.05, 3.63) is 46.9 Å². The molecule has 2 amide bonds. The van der Waals surface area contributed by atoms with Gasteiger partial charge in [-0.3, -0.25) is 20.4 Å². The van der Waals surface area contributed by atoms with Gasteiger partial charge in [-0.2, -0.15) is 0 Å². The van der Waals surface area contributed by atoms with Crippen LogP contribution in [0.5, 0.6) is 11.5 Å². The first-order chi connectivity index (χ1) is 12.8. The van der Waals surface area contributed by atoms with Crippen molar-refractivity contribution in [2.45, 2.75) is 34.1 Å². The highest BCUT2D eigenvalue weighted by Crippen LogP contribution is 2.28. The maximum atomic E-state index is 12.3. The van der Waals surface area contributed by atoms with Gasteiger partial charge in [0.1, 0.15) is 11.5 Å². The Kier molecular flexibility index (Phi) is 6.87. The van der Waals surface area contributed by atoms with Crippen LogP contribution in [0.25, 0.3) is 0 Å². The smallest absolute Gasteiger partial charge is 0.273 e. The summed E-state index contributed by atoms with van der Waals surface area (Å²) in [6, 6.07) is 6.48. The number of hydrogen-bond donors (Lipinski definition) is 2. The number of carbonyl (C=O) groups excluding carboxylic acids is 2. The summed E-state index contributed by atoms with van der Waals surface area (Å²) in [5.74, 6) is 1.77. The number of hydrogen-bond acceptors (Lipinski definition) is 5. The fraction of sp³-hybridized carbons (Fsp3) is 0.400. The molecule has 0 aliphatic rings. The Morgan fingerprint density at radius 2 is 1.78 bits per heavy atom. The SMILES string of the molecule is COc1cc(C(=O)NNC(=O)c2cc(C)oc2C)ccc1OCCC(C)C. The highest BCUT2D eigenvalue weighted by molar-refractivity contribution is 5.99. The van der Waals surface area contributed by atoms with E-state index in [1.54, 1.807) is 38.1 Å². The van der Waals surface area contributed by atoms with Gasteiger partial charge in [0.2, 0.25) is 0 Å². The molecule has 7 heteroatoms. The first-order valence-electron chi connectivity index (χ1n) is 8.80. The molecule has 2 N–H and O–H groups in total. The quantitative estimate of drug-likeness (QED) is 0.725. The maximum Gasteiger partial charge on any atom is 0.273 e. The summed E-state index contributed by atoms with van der Waals surface area (Å²) >= 11 is 0. The Balaban J connectivity index is 1.99. The van der Waals surface area contributed by atoms with E-state index in [1.165, 1.54) is 7.11 Å². The van der Waals surface area contributed by atoms with E-state index in [-0.39, 0.29) is 0 Å². The van der Waals surface area contributed by atoms with Gasteiger partial charge in [-0.15, -0.1) is 0 Å². The van der Waals surface area contributed by atoms with Gasteiger partial charge in [0.05, 0.1) is 19.3 Å². The highest BCUT2D eigenvalue weighted by Gasteiger charge is 2.16. The number of methoxy groups -OCH3 is 1. The fourth-order valence-electron chi connectivity index (χ4n) is 2.44.